The molecule has 0 aliphatic heterocycles. The number of ether oxygens (including phenoxy) is 1. The van der Waals surface area contributed by atoms with Crippen LogP contribution in [0.3, 0.4) is 0 Å². The lowest BCUT2D eigenvalue weighted by Gasteiger charge is -2.14. The summed E-state index contributed by atoms with van der Waals surface area (Å²) in [5.41, 5.74) is 0. The van der Waals surface area contributed by atoms with Gasteiger partial charge in [0.25, 0.3) is 0 Å². The Morgan fingerprint density at radius 1 is 1.55 bits per heavy atom. The van der Waals surface area contributed by atoms with Crippen molar-refractivity contribution in [2.75, 3.05) is 13.7 Å². The van der Waals surface area contributed by atoms with Gasteiger partial charge in [0.05, 0.1) is 4.34 Å². The monoisotopic (exact) mass is 361 g/mol. The first kappa shape index (κ1) is 17.7. The summed E-state index contributed by atoms with van der Waals surface area (Å²) in [5.74, 6) is -1.26. The van der Waals surface area contributed by atoms with Crippen LogP contribution in [0.5, 0.6) is 0 Å². The molecule has 1 aromatic rings. The van der Waals surface area contributed by atoms with Crippen molar-refractivity contribution in [2.24, 2.45) is 0 Å². The molecule has 1 atom stereocenters. The number of carboxylic acid groups (broad SMARTS) is 1. The highest BCUT2D eigenvalue weighted by molar-refractivity contribution is 7.89. The van der Waals surface area contributed by atoms with Gasteiger partial charge >= 0.3 is 5.97 Å². The zero-order chi connectivity index (χ0) is 15.3. The molecule has 1 aromatic heterocycles. The predicted molar refractivity (Wildman–Crippen MR) is 77.2 cm³/mol. The predicted octanol–water partition coefficient (Wildman–Crippen LogP) is 2.21. The fraction of sp³-hybridized carbons (Fsp3) is 0.500. The highest BCUT2D eigenvalue weighted by Gasteiger charge is 2.27. The van der Waals surface area contributed by atoms with Gasteiger partial charge in [-0.3, -0.25) is 4.79 Å². The summed E-state index contributed by atoms with van der Waals surface area (Å²) in [7, 11) is -2.55. The van der Waals surface area contributed by atoms with E-state index in [-0.39, 0.29) is 20.0 Å². The number of methoxy groups -OCH3 is 1. The number of sulfonamides is 1. The minimum absolute atomic E-state index is 0.0106. The van der Waals surface area contributed by atoms with E-state index in [1.165, 1.54) is 13.2 Å². The second-order valence-electron chi connectivity index (χ2n) is 3.84. The van der Waals surface area contributed by atoms with E-state index < -0.39 is 22.0 Å². The summed E-state index contributed by atoms with van der Waals surface area (Å²) < 4.78 is 31.2. The van der Waals surface area contributed by atoms with Crippen LogP contribution in [0.2, 0.25) is 8.67 Å². The smallest absolute Gasteiger partial charge is 0.321 e. The first-order chi connectivity index (χ1) is 9.27. The number of carbonyl (C=O) groups is 1. The molecule has 0 aliphatic rings. The van der Waals surface area contributed by atoms with Crippen LogP contribution in [-0.4, -0.2) is 39.3 Å². The second-order valence-corrected chi connectivity index (χ2v) is 7.80. The molecule has 1 unspecified atom stereocenters. The second kappa shape index (κ2) is 7.58. The van der Waals surface area contributed by atoms with Crippen LogP contribution >= 0.6 is 34.5 Å². The van der Waals surface area contributed by atoms with Gasteiger partial charge in [-0.05, 0) is 18.9 Å². The van der Waals surface area contributed by atoms with Gasteiger partial charge in [0.2, 0.25) is 10.0 Å². The molecule has 114 valence electrons. The zero-order valence-electron chi connectivity index (χ0n) is 10.4. The standard InChI is InChI=1S/C10H13Cl2NO5S2/c1-18-4-2-3-6(10(14)15)13-20(16,17)7-5-8(11)19-9(7)12/h5-6,13H,2-4H2,1H3,(H,14,15). The van der Waals surface area contributed by atoms with E-state index in [0.717, 1.165) is 11.3 Å². The molecule has 0 radical (unpaired) electrons. The van der Waals surface area contributed by atoms with E-state index in [9.17, 15) is 13.2 Å². The molecular formula is C10H13Cl2NO5S2. The number of thiophene rings is 1. The molecule has 0 saturated heterocycles. The number of hydrogen-bond acceptors (Lipinski definition) is 5. The molecule has 0 aromatic carbocycles. The Balaban J connectivity index is 2.86. The topological polar surface area (TPSA) is 92.7 Å². The van der Waals surface area contributed by atoms with Gasteiger partial charge in [0.15, 0.2) is 0 Å². The number of carboxylic acids is 1. The van der Waals surface area contributed by atoms with Crippen LogP contribution in [0.25, 0.3) is 0 Å². The van der Waals surface area contributed by atoms with Crippen molar-refractivity contribution in [1.82, 2.24) is 4.72 Å². The molecule has 6 nitrogen and oxygen atoms in total. The number of halogens is 2. The lowest BCUT2D eigenvalue weighted by molar-refractivity contribution is -0.139. The third-order valence-electron chi connectivity index (χ3n) is 2.35. The maximum atomic E-state index is 12.1. The lowest BCUT2D eigenvalue weighted by Crippen LogP contribution is -2.40. The van der Waals surface area contributed by atoms with Crippen molar-refractivity contribution in [3.63, 3.8) is 0 Å². The lowest BCUT2D eigenvalue weighted by atomic mass is 10.2. The van der Waals surface area contributed by atoms with Gasteiger partial charge < -0.3 is 9.84 Å². The normalized spacial score (nSPS) is 13.3. The quantitative estimate of drug-likeness (QED) is 0.692. The SMILES string of the molecule is COCCCC(NS(=O)(=O)c1cc(Cl)sc1Cl)C(=O)O. The Bertz CT molecular complexity index is 572. The molecule has 0 fully saturated rings. The number of hydrogen-bond donors (Lipinski definition) is 2. The van der Waals surface area contributed by atoms with E-state index in [1.54, 1.807) is 0 Å². The van der Waals surface area contributed by atoms with Crippen LogP contribution in [0.15, 0.2) is 11.0 Å². The summed E-state index contributed by atoms with van der Waals surface area (Å²) in [6, 6.07) is -0.0600. The molecule has 1 rings (SSSR count). The van der Waals surface area contributed by atoms with E-state index in [1.807, 2.05) is 0 Å². The molecule has 0 aliphatic carbocycles. The fourth-order valence-electron chi connectivity index (χ4n) is 1.42. The highest BCUT2D eigenvalue weighted by atomic mass is 35.5. The van der Waals surface area contributed by atoms with Crippen LogP contribution < -0.4 is 4.72 Å². The minimum Gasteiger partial charge on any atom is -0.480 e. The fourth-order valence-corrected chi connectivity index (χ4v) is 4.80. The van der Waals surface area contributed by atoms with Gasteiger partial charge in [0.1, 0.15) is 15.3 Å². The van der Waals surface area contributed by atoms with Crippen molar-refractivity contribution in [2.45, 2.75) is 23.8 Å². The number of rotatable bonds is 8. The number of nitrogens with one attached hydrogen (secondary N) is 1. The zero-order valence-corrected chi connectivity index (χ0v) is 13.6. The van der Waals surface area contributed by atoms with Crippen LogP contribution in [0.4, 0.5) is 0 Å². The van der Waals surface area contributed by atoms with Crippen molar-refractivity contribution < 1.29 is 23.1 Å². The maximum absolute atomic E-state index is 12.1. The maximum Gasteiger partial charge on any atom is 0.321 e. The third kappa shape index (κ3) is 4.87. The Morgan fingerprint density at radius 3 is 2.65 bits per heavy atom. The summed E-state index contributed by atoms with van der Waals surface area (Å²) >= 11 is 12.3. The van der Waals surface area contributed by atoms with Crippen LogP contribution in [0, 0.1) is 0 Å². The largest absolute Gasteiger partial charge is 0.480 e. The first-order valence-corrected chi connectivity index (χ1v) is 8.52. The van der Waals surface area contributed by atoms with Crippen molar-refractivity contribution >= 4 is 50.5 Å². The summed E-state index contributed by atoms with van der Waals surface area (Å²) in [5, 5.41) is 9.03. The Morgan fingerprint density at radius 2 is 2.20 bits per heavy atom. The summed E-state index contributed by atoms with van der Waals surface area (Å²) in [6.45, 7) is 0.344. The van der Waals surface area contributed by atoms with Crippen molar-refractivity contribution in [3.8, 4) is 0 Å². The molecule has 10 heteroatoms. The van der Waals surface area contributed by atoms with E-state index in [0.29, 0.717) is 13.0 Å². The van der Waals surface area contributed by atoms with Crippen LogP contribution in [-0.2, 0) is 19.6 Å². The molecule has 20 heavy (non-hydrogen) atoms. The molecule has 0 spiro atoms. The molecule has 0 saturated carbocycles. The average molecular weight is 362 g/mol. The minimum atomic E-state index is -4.03. The molecule has 1 heterocycles. The highest BCUT2D eigenvalue weighted by Crippen LogP contribution is 2.34. The molecule has 0 amide bonds. The van der Waals surface area contributed by atoms with E-state index in [2.05, 4.69) is 4.72 Å². The van der Waals surface area contributed by atoms with Gasteiger partial charge in [-0.25, -0.2) is 8.42 Å². The van der Waals surface area contributed by atoms with Crippen molar-refractivity contribution in [3.05, 3.63) is 14.7 Å². The number of aliphatic carboxylic acids is 1. The average Bonchev–Trinajstić information content (AvgIpc) is 2.68. The van der Waals surface area contributed by atoms with Gasteiger partial charge in [-0.1, -0.05) is 23.2 Å². The van der Waals surface area contributed by atoms with E-state index in [4.69, 9.17) is 33.0 Å². The Labute approximate surface area is 130 Å². The molecule has 2 N–H and O–H groups in total. The summed E-state index contributed by atoms with van der Waals surface area (Å²) in [4.78, 5) is 10.9. The molecule has 0 bridgehead atoms. The van der Waals surface area contributed by atoms with Gasteiger partial charge in [-0.2, -0.15) is 4.72 Å². The first-order valence-electron chi connectivity index (χ1n) is 5.47. The van der Waals surface area contributed by atoms with E-state index >= 15 is 0 Å². The van der Waals surface area contributed by atoms with Crippen molar-refractivity contribution in [1.29, 1.82) is 0 Å². The molecular weight excluding hydrogens is 349 g/mol. The van der Waals surface area contributed by atoms with Crippen LogP contribution in [0.1, 0.15) is 12.8 Å². The summed E-state index contributed by atoms with van der Waals surface area (Å²) in [6.07, 6.45) is 0.520. The Hall–Kier alpha value is -0.380. The third-order valence-corrected chi connectivity index (χ3v) is 5.58. The Kier molecular flexibility index (Phi) is 6.70. The van der Waals surface area contributed by atoms with Gasteiger partial charge in [0, 0.05) is 13.7 Å². The van der Waals surface area contributed by atoms with Gasteiger partial charge in [-0.15, -0.1) is 11.3 Å².